The minimum absolute atomic E-state index is 0.186. The zero-order valence-electron chi connectivity index (χ0n) is 16.9. The Labute approximate surface area is 167 Å². The van der Waals surface area contributed by atoms with Crippen LogP contribution < -0.4 is 10.6 Å². The fraction of sp³-hybridized carbons (Fsp3) is 0.545. The standard InChI is InChI=1S/C22H31N5O/c1-16-12-21(27(25-16)17(2)20-8-9-20)24-22(28)23-14-18-6-5-7-19(13-18)15-26-10-3-4-11-26/h5-7,12-13,17,20H,3-4,8-11,14-15H2,1-2H3,(H2,23,24,28)/t17-/m1/s1. The molecule has 1 atom stereocenters. The van der Waals surface area contributed by atoms with Gasteiger partial charge in [-0.05, 0) is 69.7 Å². The molecule has 2 heterocycles. The lowest BCUT2D eigenvalue weighted by Crippen LogP contribution is -2.29. The first-order valence-electron chi connectivity index (χ1n) is 10.5. The molecule has 1 aliphatic carbocycles. The van der Waals surface area contributed by atoms with E-state index in [1.165, 1.54) is 44.3 Å². The molecule has 0 radical (unpaired) electrons. The third-order valence-corrected chi connectivity index (χ3v) is 5.84. The van der Waals surface area contributed by atoms with E-state index in [9.17, 15) is 4.79 Å². The first kappa shape index (κ1) is 19.0. The second kappa shape index (κ2) is 8.35. The molecule has 2 N–H and O–H groups in total. The molecule has 1 saturated carbocycles. The Balaban J connectivity index is 1.32. The average Bonchev–Trinajstić information content (AvgIpc) is 3.29. The number of hydrogen-bond acceptors (Lipinski definition) is 3. The number of likely N-dealkylation sites (tertiary alicyclic amines) is 1. The van der Waals surface area contributed by atoms with E-state index < -0.39 is 0 Å². The molecule has 2 fully saturated rings. The van der Waals surface area contributed by atoms with E-state index >= 15 is 0 Å². The van der Waals surface area contributed by atoms with Crippen molar-refractivity contribution >= 4 is 11.8 Å². The van der Waals surface area contributed by atoms with Gasteiger partial charge < -0.3 is 5.32 Å². The number of carbonyl (C=O) groups is 1. The van der Waals surface area contributed by atoms with Gasteiger partial charge in [0.25, 0.3) is 0 Å². The van der Waals surface area contributed by atoms with Gasteiger partial charge in [0.1, 0.15) is 5.82 Å². The van der Waals surface area contributed by atoms with E-state index in [1.54, 1.807) is 0 Å². The van der Waals surface area contributed by atoms with Crippen LogP contribution in [0.3, 0.4) is 0 Å². The van der Waals surface area contributed by atoms with Crippen LogP contribution in [0.5, 0.6) is 0 Å². The highest BCUT2D eigenvalue weighted by Gasteiger charge is 2.31. The maximum Gasteiger partial charge on any atom is 0.320 e. The Morgan fingerprint density at radius 3 is 2.71 bits per heavy atom. The van der Waals surface area contributed by atoms with Crippen LogP contribution in [-0.2, 0) is 13.1 Å². The summed E-state index contributed by atoms with van der Waals surface area (Å²) in [6.45, 7) is 8.04. The number of benzene rings is 1. The Bertz CT molecular complexity index is 820. The van der Waals surface area contributed by atoms with E-state index in [0.29, 0.717) is 18.5 Å². The summed E-state index contributed by atoms with van der Waals surface area (Å²) in [4.78, 5) is 14.9. The van der Waals surface area contributed by atoms with E-state index in [1.807, 2.05) is 17.7 Å². The number of aryl methyl sites for hydroxylation is 1. The minimum Gasteiger partial charge on any atom is -0.334 e. The van der Waals surface area contributed by atoms with Gasteiger partial charge in [0.2, 0.25) is 0 Å². The molecule has 1 aromatic heterocycles. The van der Waals surface area contributed by atoms with Crippen molar-refractivity contribution in [3.05, 3.63) is 47.2 Å². The average molecular weight is 382 g/mol. The Morgan fingerprint density at radius 1 is 1.21 bits per heavy atom. The molecular formula is C22H31N5O. The summed E-state index contributed by atoms with van der Waals surface area (Å²) in [5, 5.41) is 10.5. The van der Waals surface area contributed by atoms with Gasteiger partial charge in [-0.2, -0.15) is 5.10 Å². The lowest BCUT2D eigenvalue weighted by atomic mass is 10.1. The summed E-state index contributed by atoms with van der Waals surface area (Å²) in [7, 11) is 0. The Kier molecular flexibility index (Phi) is 5.67. The van der Waals surface area contributed by atoms with Gasteiger partial charge in [0.15, 0.2) is 0 Å². The first-order valence-corrected chi connectivity index (χ1v) is 10.5. The molecule has 0 unspecified atom stereocenters. The van der Waals surface area contributed by atoms with E-state index in [2.05, 4.69) is 51.8 Å². The maximum absolute atomic E-state index is 12.4. The van der Waals surface area contributed by atoms with Crippen molar-refractivity contribution in [3.63, 3.8) is 0 Å². The van der Waals surface area contributed by atoms with Crippen LogP contribution in [0, 0.1) is 12.8 Å². The third-order valence-electron chi connectivity index (χ3n) is 5.84. The molecule has 2 amide bonds. The monoisotopic (exact) mass is 381 g/mol. The van der Waals surface area contributed by atoms with Crippen LogP contribution in [0.1, 0.15) is 55.5 Å². The van der Waals surface area contributed by atoms with E-state index in [0.717, 1.165) is 23.6 Å². The SMILES string of the molecule is Cc1cc(NC(=O)NCc2cccc(CN3CCCC3)c2)n([C@H](C)C2CC2)n1. The zero-order chi connectivity index (χ0) is 19.5. The first-order chi connectivity index (χ1) is 13.6. The number of rotatable bonds is 7. The number of hydrogen-bond donors (Lipinski definition) is 2. The Morgan fingerprint density at radius 2 is 1.96 bits per heavy atom. The van der Waals surface area contributed by atoms with Crippen LogP contribution in [0.2, 0.25) is 0 Å². The maximum atomic E-state index is 12.4. The summed E-state index contributed by atoms with van der Waals surface area (Å²) in [6.07, 6.45) is 5.10. The number of aromatic nitrogens is 2. The molecule has 1 saturated heterocycles. The fourth-order valence-electron chi connectivity index (χ4n) is 4.08. The van der Waals surface area contributed by atoms with Gasteiger partial charge >= 0.3 is 6.03 Å². The molecule has 2 aliphatic rings. The van der Waals surface area contributed by atoms with Crippen LogP contribution in [0.4, 0.5) is 10.6 Å². The number of nitrogens with one attached hydrogen (secondary N) is 2. The van der Waals surface area contributed by atoms with Crippen LogP contribution >= 0.6 is 0 Å². The molecule has 0 spiro atoms. The van der Waals surface area contributed by atoms with Crippen LogP contribution in [0.25, 0.3) is 0 Å². The van der Waals surface area contributed by atoms with Gasteiger partial charge in [-0.1, -0.05) is 24.3 Å². The van der Waals surface area contributed by atoms with Gasteiger partial charge in [-0.3, -0.25) is 10.2 Å². The number of nitrogens with zero attached hydrogens (tertiary/aromatic N) is 3. The van der Waals surface area contributed by atoms with Crippen LogP contribution in [0.15, 0.2) is 30.3 Å². The van der Waals surface area contributed by atoms with E-state index in [-0.39, 0.29) is 6.03 Å². The van der Waals surface area contributed by atoms with E-state index in [4.69, 9.17) is 0 Å². The van der Waals surface area contributed by atoms with Crippen molar-refractivity contribution in [1.29, 1.82) is 0 Å². The van der Waals surface area contributed by atoms with Crippen molar-refractivity contribution in [2.24, 2.45) is 5.92 Å². The van der Waals surface area contributed by atoms with Crippen molar-refractivity contribution in [3.8, 4) is 0 Å². The molecule has 1 aliphatic heterocycles. The second-order valence-electron chi connectivity index (χ2n) is 8.30. The van der Waals surface area contributed by atoms with Gasteiger partial charge in [-0.25, -0.2) is 9.48 Å². The molecule has 4 rings (SSSR count). The summed E-state index contributed by atoms with van der Waals surface area (Å²) in [5.41, 5.74) is 3.37. The van der Waals surface area contributed by atoms with Gasteiger partial charge in [0, 0.05) is 19.2 Å². The van der Waals surface area contributed by atoms with Crippen LogP contribution in [-0.4, -0.2) is 33.8 Å². The number of amides is 2. The lowest BCUT2D eigenvalue weighted by Gasteiger charge is -2.16. The van der Waals surface area contributed by atoms with Gasteiger partial charge in [-0.15, -0.1) is 0 Å². The predicted molar refractivity (Wildman–Crippen MR) is 111 cm³/mol. The van der Waals surface area contributed by atoms with Crippen molar-refractivity contribution in [1.82, 2.24) is 20.0 Å². The van der Waals surface area contributed by atoms with Crippen molar-refractivity contribution < 1.29 is 4.79 Å². The smallest absolute Gasteiger partial charge is 0.320 e. The number of anilines is 1. The molecule has 6 heteroatoms. The summed E-state index contributed by atoms with van der Waals surface area (Å²) < 4.78 is 1.96. The summed E-state index contributed by atoms with van der Waals surface area (Å²) >= 11 is 0. The van der Waals surface area contributed by atoms with Crippen molar-refractivity contribution in [2.45, 2.75) is 58.7 Å². The third kappa shape index (κ3) is 4.73. The lowest BCUT2D eigenvalue weighted by molar-refractivity contribution is 0.251. The highest BCUT2D eigenvalue weighted by molar-refractivity contribution is 5.88. The highest BCUT2D eigenvalue weighted by atomic mass is 16.2. The number of carbonyl (C=O) groups excluding carboxylic acids is 1. The summed E-state index contributed by atoms with van der Waals surface area (Å²) in [5.74, 6) is 1.46. The topological polar surface area (TPSA) is 62.2 Å². The molecule has 0 bridgehead atoms. The largest absolute Gasteiger partial charge is 0.334 e. The molecule has 1 aromatic carbocycles. The quantitative estimate of drug-likeness (QED) is 0.760. The summed E-state index contributed by atoms with van der Waals surface area (Å²) in [6, 6.07) is 10.6. The molecule has 6 nitrogen and oxygen atoms in total. The molecule has 28 heavy (non-hydrogen) atoms. The second-order valence-corrected chi connectivity index (χ2v) is 8.30. The molecular weight excluding hydrogens is 350 g/mol. The molecule has 2 aromatic rings. The minimum atomic E-state index is -0.186. The number of urea groups is 1. The van der Waals surface area contributed by atoms with Gasteiger partial charge in [0.05, 0.1) is 11.7 Å². The predicted octanol–water partition coefficient (Wildman–Crippen LogP) is 4.08. The normalized spacial score (nSPS) is 18.2. The Hall–Kier alpha value is -2.34. The fourth-order valence-corrected chi connectivity index (χ4v) is 4.08. The highest BCUT2D eigenvalue weighted by Crippen LogP contribution is 2.40. The molecule has 150 valence electrons. The zero-order valence-corrected chi connectivity index (χ0v) is 16.9. The van der Waals surface area contributed by atoms with Crippen molar-refractivity contribution in [2.75, 3.05) is 18.4 Å².